The molecule has 1 heterocycles. The number of benzene rings is 1. The molecule has 1 aromatic heterocycles. The number of carbonyl (C=O) groups excluding carboxylic acids is 1. The molecule has 304 valence electrons. The molecule has 18 heteroatoms. The van der Waals surface area contributed by atoms with Crippen molar-refractivity contribution < 1.29 is 52.2 Å². The Bertz CT molecular complexity index is 1210. The molecule has 1 N–H and O–H groups in total. The number of amides is 1. The summed E-state index contributed by atoms with van der Waals surface area (Å²) in [6.07, 6.45) is 1.79. The van der Waals surface area contributed by atoms with E-state index in [1.165, 1.54) is 0 Å². The van der Waals surface area contributed by atoms with Gasteiger partial charge in [0.2, 0.25) is 0 Å². The largest absolute Gasteiger partial charge is 0.379 e. The van der Waals surface area contributed by atoms with Crippen molar-refractivity contribution >= 4 is 27.5 Å². The zero-order chi connectivity index (χ0) is 38.4. The van der Waals surface area contributed by atoms with Crippen LogP contribution >= 0.6 is 21.6 Å². The summed E-state index contributed by atoms with van der Waals surface area (Å²) in [4.78, 5) is 19.4. The summed E-state index contributed by atoms with van der Waals surface area (Å²) in [5.74, 6) is -0.124. The lowest BCUT2D eigenvalue weighted by molar-refractivity contribution is -0.0262. The van der Waals surface area contributed by atoms with Gasteiger partial charge in [-0.1, -0.05) is 34.1 Å². The molecule has 0 aliphatic rings. The first kappa shape index (κ1) is 47.6. The topological polar surface area (TPSA) is 183 Å². The normalized spacial score (nSPS) is 11.7. The molecule has 1 unspecified atom stereocenters. The molecular weight excluding hydrogens is 743 g/mol. The van der Waals surface area contributed by atoms with Crippen molar-refractivity contribution in [2.75, 3.05) is 145 Å². The van der Waals surface area contributed by atoms with E-state index in [0.717, 1.165) is 10.6 Å². The Morgan fingerprint density at radius 3 is 1.48 bits per heavy atom. The van der Waals surface area contributed by atoms with E-state index in [1.54, 1.807) is 27.8 Å². The van der Waals surface area contributed by atoms with E-state index in [2.05, 4.69) is 27.3 Å². The summed E-state index contributed by atoms with van der Waals surface area (Å²) >= 11 is 0. The summed E-state index contributed by atoms with van der Waals surface area (Å²) in [5.41, 5.74) is 9.93. The van der Waals surface area contributed by atoms with Gasteiger partial charge in [0, 0.05) is 35.0 Å². The lowest BCUT2D eigenvalue weighted by Crippen LogP contribution is -2.27. The smallest absolute Gasteiger partial charge is 0.251 e. The Kier molecular flexibility index (Phi) is 31.8. The monoisotopic (exact) mass is 799 g/mol. The Morgan fingerprint density at radius 1 is 0.648 bits per heavy atom. The third kappa shape index (κ3) is 27.9. The van der Waals surface area contributed by atoms with Gasteiger partial charge in [-0.25, -0.2) is 4.98 Å². The first-order chi connectivity index (χ1) is 26.7. The van der Waals surface area contributed by atoms with Crippen molar-refractivity contribution in [1.29, 1.82) is 0 Å². The van der Waals surface area contributed by atoms with Crippen LogP contribution in [0.4, 0.5) is 0 Å². The number of hydrogen-bond acceptors (Lipinski definition) is 15. The zero-order valence-electron chi connectivity index (χ0n) is 31.3. The average Bonchev–Trinajstić information content (AvgIpc) is 3.20. The number of nitrogens with zero attached hydrogens (tertiary/aromatic N) is 4. The molecule has 0 bridgehead atoms. The number of nitrogens with one attached hydrogen (secondary N) is 1. The minimum Gasteiger partial charge on any atom is -0.379 e. The van der Waals surface area contributed by atoms with Crippen LogP contribution in [-0.4, -0.2) is 156 Å². The number of aromatic nitrogens is 1. The minimum atomic E-state index is -0.124. The van der Waals surface area contributed by atoms with Crippen LogP contribution in [0.1, 0.15) is 28.1 Å². The molecule has 0 aliphatic heterocycles. The van der Waals surface area contributed by atoms with Gasteiger partial charge in [0.05, 0.1) is 132 Å². The van der Waals surface area contributed by atoms with E-state index in [-0.39, 0.29) is 11.2 Å². The highest BCUT2D eigenvalue weighted by Crippen LogP contribution is 2.41. The van der Waals surface area contributed by atoms with Crippen LogP contribution in [0.15, 0.2) is 58.8 Å². The van der Waals surface area contributed by atoms with Crippen LogP contribution in [0, 0.1) is 0 Å². The van der Waals surface area contributed by atoms with Crippen LogP contribution in [-0.2, 0) is 47.4 Å². The Hall–Kier alpha value is -2.55. The van der Waals surface area contributed by atoms with Crippen LogP contribution in [0.25, 0.3) is 10.4 Å². The van der Waals surface area contributed by atoms with E-state index < -0.39 is 0 Å². The summed E-state index contributed by atoms with van der Waals surface area (Å²) < 4.78 is 54.5. The molecule has 0 saturated heterocycles. The number of pyridine rings is 1. The third-order valence-electron chi connectivity index (χ3n) is 6.84. The number of ether oxygens (including phenoxy) is 10. The predicted octanol–water partition coefficient (Wildman–Crippen LogP) is 4.79. The molecule has 2 rings (SSSR count). The van der Waals surface area contributed by atoms with Crippen molar-refractivity contribution in [1.82, 2.24) is 10.3 Å². The number of hydrogen-bond donors (Lipinski definition) is 1. The van der Waals surface area contributed by atoms with Gasteiger partial charge >= 0.3 is 0 Å². The summed E-state index contributed by atoms with van der Waals surface area (Å²) in [5, 5.41) is 7.50. The first-order valence-electron chi connectivity index (χ1n) is 18.1. The number of rotatable bonds is 38. The van der Waals surface area contributed by atoms with Crippen molar-refractivity contribution in [2.24, 2.45) is 5.11 Å². The fraction of sp³-hybridized carbons (Fsp3) is 0.667. The molecule has 54 heavy (non-hydrogen) atoms. The highest BCUT2D eigenvalue weighted by molar-refractivity contribution is 8.76. The highest BCUT2D eigenvalue weighted by atomic mass is 33.1. The van der Waals surface area contributed by atoms with E-state index in [1.807, 2.05) is 42.5 Å². The predicted molar refractivity (Wildman–Crippen MR) is 207 cm³/mol. The summed E-state index contributed by atoms with van der Waals surface area (Å²) in [6, 6.07) is 13.6. The number of carbonyl (C=O) groups is 1. The molecule has 1 aromatic carbocycles. The molecule has 0 radical (unpaired) electrons. The molecule has 0 aliphatic carbocycles. The molecular formula is C36H57N5O11S2. The van der Waals surface area contributed by atoms with Gasteiger partial charge in [-0.2, -0.15) is 0 Å². The van der Waals surface area contributed by atoms with Crippen LogP contribution < -0.4 is 5.32 Å². The lowest BCUT2D eigenvalue weighted by Gasteiger charge is -2.11. The Morgan fingerprint density at radius 2 is 1.07 bits per heavy atom. The van der Waals surface area contributed by atoms with E-state index in [0.29, 0.717) is 151 Å². The van der Waals surface area contributed by atoms with Gasteiger partial charge in [0.1, 0.15) is 5.03 Å². The van der Waals surface area contributed by atoms with Crippen LogP contribution in [0.2, 0.25) is 0 Å². The van der Waals surface area contributed by atoms with E-state index in [4.69, 9.17) is 52.9 Å². The van der Waals surface area contributed by atoms with Gasteiger partial charge in [-0.15, -0.1) is 0 Å². The molecule has 2 aromatic rings. The zero-order valence-corrected chi connectivity index (χ0v) is 33.0. The maximum Gasteiger partial charge on any atom is 0.251 e. The van der Waals surface area contributed by atoms with Crippen LogP contribution in [0.3, 0.4) is 0 Å². The summed E-state index contributed by atoms with van der Waals surface area (Å²) in [6.45, 7) is 12.2. The van der Waals surface area contributed by atoms with Gasteiger partial charge < -0.3 is 52.7 Å². The standard InChI is InChI=1S/C36H57N5O11S2/c1-32(53-54-35-4-2-3-9-38-35)33-5-7-34(8-6-33)36(42)39-10-12-43-14-16-45-18-20-47-22-24-49-26-28-51-30-31-52-29-27-50-25-23-48-21-19-46-17-15-44-13-11-40-41-37/h2-9,32H,10-31H2,1H3,(H,39,42). The van der Waals surface area contributed by atoms with E-state index in [9.17, 15) is 4.79 Å². The van der Waals surface area contributed by atoms with Crippen molar-refractivity contribution in [2.45, 2.75) is 17.2 Å². The first-order valence-corrected chi connectivity index (χ1v) is 20.3. The molecule has 0 spiro atoms. The molecule has 16 nitrogen and oxygen atoms in total. The van der Waals surface area contributed by atoms with Crippen LogP contribution in [0.5, 0.6) is 0 Å². The highest BCUT2D eigenvalue weighted by Gasteiger charge is 2.10. The molecule has 1 atom stereocenters. The maximum atomic E-state index is 12.5. The molecule has 0 fully saturated rings. The SMILES string of the molecule is CC(SSc1ccccn1)c1ccc(C(=O)NCCOCCOCCOCCOCCOCCOCCOCCOCCOCCOCCN=[N+]=[N-])cc1. The second kappa shape index (κ2) is 36.1. The molecule has 1 amide bonds. The van der Waals surface area contributed by atoms with Crippen molar-refractivity contribution in [3.05, 3.63) is 70.2 Å². The second-order valence-electron chi connectivity index (χ2n) is 10.9. The van der Waals surface area contributed by atoms with Gasteiger partial charge in [-0.05, 0) is 53.1 Å². The summed E-state index contributed by atoms with van der Waals surface area (Å²) in [7, 11) is 3.38. The van der Waals surface area contributed by atoms with Crippen molar-refractivity contribution in [3.8, 4) is 0 Å². The lowest BCUT2D eigenvalue weighted by atomic mass is 10.1. The van der Waals surface area contributed by atoms with Gasteiger partial charge in [-0.3, -0.25) is 4.79 Å². The second-order valence-corrected chi connectivity index (χ2v) is 13.5. The third-order valence-corrected chi connectivity index (χ3v) is 9.57. The number of azide groups is 1. The van der Waals surface area contributed by atoms with E-state index >= 15 is 0 Å². The Balaban J connectivity index is 1.23. The quantitative estimate of drug-likeness (QED) is 0.0322. The fourth-order valence-corrected chi connectivity index (χ4v) is 6.16. The van der Waals surface area contributed by atoms with Gasteiger partial charge in [0.15, 0.2) is 0 Å². The molecule has 0 saturated carbocycles. The van der Waals surface area contributed by atoms with Crippen molar-refractivity contribution in [3.63, 3.8) is 0 Å². The Labute approximate surface area is 326 Å². The fourth-order valence-electron chi connectivity index (χ4n) is 4.05. The maximum absolute atomic E-state index is 12.5. The average molecular weight is 800 g/mol. The minimum absolute atomic E-state index is 0.124. The van der Waals surface area contributed by atoms with Gasteiger partial charge in [0.25, 0.3) is 5.91 Å².